The van der Waals surface area contributed by atoms with Crippen molar-refractivity contribution in [3.05, 3.63) is 58.9 Å². The van der Waals surface area contributed by atoms with Gasteiger partial charge in [0.15, 0.2) is 11.5 Å². The van der Waals surface area contributed by atoms with Crippen molar-refractivity contribution >= 4 is 12.4 Å². The highest BCUT2D eigenvalue weighted by Gasteiger charge is 2.27. The molecular weight excluding hydrogens is 341 g/mol. The number of halogens is 2. The maximum Gasteiger partial charge on any atom is 0.160 e. The molecule has 0 bridgehead atoms. The molecule has 3 N–H and O–H groups in total. The van der Waals surface area contributed by atoms with Gasteiger partial charge in [0.25, 0.3) is 0 Å². The highest BCUT2D eigenvalue weighted by atomic mass is 35.5. The zero-order valence-electron chi connectivity index (χ0n) is 14.3. The summed E-state index contributed by atoms with van der Waals surface area (Å²) in [5.41, 5.74) is 2.99. The Morgan fingerprint density at radius 1 is 1.24 bits per heavy atom. The first-order chi connectivity index (χ1) is 11.6. The third kappa shape index (κ3) is 4.25. The quantitative estimate of drug-likeness (QED) is 0.685. The monoisotopic (exact) mass is 365 g/mol. The van der Waals surface area contributed by atoms with Crippen LogP contribution in [-0.2, 0) is 6.42 Å². The van der Waals surface area contributed by atoms with Crippen molar-refractivity contribution in [1.82, 2.24) is 5.32 Å². The summed E-state index contributed by atoms with van der Waals surface area (Å²) < 4.78 is 13.6. The van der Waals surface area contributed by atoms with Crippen molar-refractivity contribution in [3.63, 3.8) is 0 Å². The van der Waals surface area contributed by atoms with Crippen molar-refractivity contribution in [2.75, 3.05) is 13.6 Å². The van der Waals surface area contributed by atoms with Crippen LogP contribution in [0, 0.1) is 5.82 Å². The number of benzene rings is 2. The standard InChI is InChI=1S/C20H24FNO2.ClH/c1-22-12-15(13-4-2-6-16(21)11-13)10-14-5-3-7-18-17(14)8-9-19(23)20(18)24;/h2,4,6,8-9,11,14-15,22-24H,3,5,7,10,12H2,1H3;1H. The summed E-state index contributed by atoms with van der Waals surface area (Å²) in [4.78, 5) is 0. The molecule has 0 aromatic heterocycles. The van der Waals surface area contributed by atoms with Crippen LogP contribution in [0.2, 0.25) is 0 Å². The van der Waals surface area contributed by atoms with E-state index in [1.165, 1.54) is 6.07 Å². The Bertz CT molecular complexity index is 723. The summed E-state index contributed by atoms with van der Waals surface area (Å²) in [7, 11) is 1.91. The second kappa shape index (κ2) is 8.54. The van der Waals surface area contributed by atoms with Crippen molar-refractivity contribution in [3.8, 4) is 11.5 Å². The molecule has 2 aromatic rings. The summed E-state index contributed by atoms with van der Waals surface area (Å²) >= 11 is 0. The number of aromatic hydroxyl groups is 2. The van der Waals surface area contributed by atoms with Gasteiger partial charge in [0.2, 0.25) is 0 Å². The van der Waals surface area contributed by atoms with E-state index in [1.54, 1.807) is 18.2 Å². The summed E-state index contributed by atoms with van der Waals surface area (Å²) in [6, 6.07) is 10.3. The molecule has 1 aliphatic rings. The Morgan fingerprint density at radius 2 is 2.04 bits per heavy atom. The molecule has 2 unspecified atom stereocenters. The van der Waals surface area contributed by atoms with Crippen molar-refractivity contribution in [2.24, 2.45) is 0 Å². The first-order valence-corrected chi connectivity index (χ1v) is 8.54. The molecule has 0 aliphatic heterocycles. The van der Waals surface area contributed by atoms with Crippen LogP contribution in [-0.4, -0.2) is 23.8 Å². The van der Waals surface area contributed by atoms with Gasteiger partial charge in [-0.15, -0.1) is 12.4 Å². The SMILES string of the molecule is CNCC(CC1CCCc2c1ccc(O)c2O)c1cccc(F)c1.Cl. The molecule has 0 fully saturated rings. The number of hydrogen-bond acceptors (Lipinski definition) is 3. The minimum Gasteiger partial charge on any atom is -0.504 e. The lowest BCUT2D eigenvalue weighted by molar-refractivity contribution is 0.388. The maximum absolute atomic E-state index is 13.6. The molecule has 2 atom stereocenters. The topological polar surface area (TPSA) is 52.5 Å². The van der Waals surface area contributed by atoms with Gasteiger partial charge < -0.3 is 15.5 Å². The molecule has 1 aliphatic carbocycles. The average Bonchev–Trinajstić information content (AvgIpc) is 2.58. The third-order valence-corrected chi connectivity index (χ3v) is 5.06. The van der Waals surface area contributed by atoms with Gasteiger partial charge in [0.1, 0.15) is 5.82 Å². The Labute approximate surface area is 154 Å². The van der Waals surface area contributed by atoms with Crippen molar-refractivity contribution < 1.29 is 14.6 Å². The molecule has 0 amide bonds. The maximum atomic E-state index is 13.6. The Balaban J connectivity index is 0.00000225. The highest BCUT2D eigenvalue weighted by Crippen LogP contribution is 2.44. The van der Waals surface area contributed by atoms with E-state index in [9.17, 15) is 14.6 Å². The normalized spacial score (nSPS) is 17.4. The molecule has 0 spiro atoms. The number of rotatable bonds is 5. The molecule has 0 heterocycles. The van der Waals surface area contributed by atoms with Gasteiger partial charge in [-0.25, -0.2) is 4.39 Å². The minimum atomic E-state index is -0.208. The van der Waals surface area contributed by atoms with Crippen LogP contribution in [0.25, 0.3) is 0 Å². The van der Waals surface area contributed by atoms with E-state index in [2.05, 4.69) is 5.32 Å². The van der Waals surface area contributed by atoms with Crippen LogP contribution in [0.15, 0.2) is 36.4 Å². The predicted molar refractivity (Wildman–Crippen MR) is 100 cm³/mol. The van der Waals surface area contributed by atoms with Gasteiger partial charge in [-0.05, 0) is 73.9 Å². The van der Waals surface area contributed by atoms with E-state index < -0.39 is 0 Å². The zero-order chi connectivity index (χ0) is 17.1. The average molecular weight is 366 g/mol. The van der Waals surface area contributed by atoms with E-state index in [-0.39, 0.29) is 35.6 Å². The van der Waals surface area contributed by atoms with E-state index >= 15 is 0 Å². The summed E-state index contributed by atoms with van der Waals surface area (Å²) in [6.07, 6.45) is 3.72. The largest absolute Gasteiger partial charge is 0.504 e. The fraction of sp³-hybridized carbons (Fsp3) is 0.400. The van der Waals surface area contributed by atoms with Crippen LogP contribution >= 0.6 is 12.4 Å². The Kier molecular flexibility index (Phi) is 6.68. The molecule has 0 saturated heterocycles. The molecule has 0 radical (unpaired) electrons. The number of fused-ring (bicyclic) bond motifs is 1. The van der Waals surface area contributed by atoms with Crippen LogP contribution in [0.5, 0.6) is 11.5 Å². The lowest BCUT2D eigenvalue weighted by Crippen LogP contribution is -2.21. The Morgan fingerprint density at radius 3 is 2.76 bits per heavy atom. The van der Waals surface area contributed by atoms with Crippen LogP contribution in [0.4, 0.5) is 4.39 Å². The number of phenolic OH excluding ortho intramolecular Hbond substituents is 2. The minimum absolute atomic E-state index is 0. The zero-order valence-corrected chi connectivity index (χ0v) is 15.2. The summed E-state index contributed by atoms with van der Waals surface area (Å²) in [5, 5.41) is 23.1. The number of likely N-dealkylation sites (N-methyl/N-ethyl adjacent to an activating group) is 1. The first kappa shape index (κ1) is 19.5. The van der Waals surface area contributed by atoms with E-state index in [0.29, 0.717) is 5.92 Å². The predicted octanol–water partition coefficient (Wildman–Crippen LogP) is 4.47. The lowest BCUT2D eigenvalue weighted by atomic mass is 9.76. The lowest BCUT2D eigenvalue weighted by Gasteiger charge is -2.30. The third-order valence-electron chi connectivity index (χ3n) is 5.06. The van der Waals surface area contributed by atoms with Gasteiger partial charge in [0.05, 0.1) is 0 Å². The van der Waals surface area contributed by atoms with Gasteiger partial charge in [-0.3, -0.25) is 0 Å². The molecule has 0 saturated carbocycles. The number of hydrogen-bond donors (Lipinski definition) is 3. The van der Waals surface area contributed by atoms with Gasteiger partial charge in [-0.1, -0.05) is 18.2 Å². The number of phenols is 2. The first-order valence-electron chi connectivity index (χ1n) is 8.54. The highest BCUT2D eigenvalue weighted by molar-refractivity contribution is 5.85. The molecule has 3 rings (SSSR count). The molecule has 5 heteroatoms. The molecule has 2 aromatic carbocycles. The summed E-state index contributed by atoms with van der Waals surface area (Å²) in [5.74, 6) is 0.277. The van der Waals surface area contributed by atoms with Crippen molar-refractivity contribution in [1.29, 1.82) is 0 Å². The van der Waals surface area contributed by atoms with Crippen molar-refractivity contribution in [2.45, 2.75) is 37.5 Å². The second-order valence-corrected chi connectivity index (χ2v) is 6.64. The smallest absolute Gasteiger partial charge is 0.160 e. The second-order valence-electron chi connectivity index (χ2n) is 6.64. The number of nitrogens with one attached hydrogen (secondary N) is 1. The summed E-state index contributed by atoms with van der Waals surface area (Å²) in [6.45, 7) is 0.777. The van der Waals surface area contributed by atoms with Crippen LogP contribution in [0.1, 0.15) is 47.8 Å². The van der Waals surface area contributed by atoms with E-state index in [4.69, 9.17) is 0 Å². The molecular formula is C20H25ClFNO2. The van der Waals surface area contributed by atoms with Gasteiger partial charge in [-0.2, -0.15) is 0 Å². The molecule has 25 heavy (non-hydrogen) atoms. The molecule has 3 nitrogen and oxygen atoms in total. The molecule has 136 valence electrons. The van der Waals surface area contributed by atoms with Crippen LogP contribution < -0.4 is 5.32 Å². The van der Waals surface area contributed by atoms with E-state index in [0.717, 1.165) is 48.9 Å². The van der Waals surface area contributed by atoms with E-state index in [1.807, 2.05) is 19.2 Å². The van der Waals surface area contributed by atoms with Crippen LogP contribution in [0.3, 0.4) is 0 Å². The fourth-order valence-corrected chi connectivity index (χ4v) is 3.90. The fourth-order valence-electron chi connectivity index (χ4n) is 3.90. The van der Waals surface area contributed by atoms with Gasteiger partial charge in [0, 0.05) is 12.1 Å². The van der Waals surface area contributed by atoms with Gasteiger partial charge >= 0.3 is 0 Å². The Hall–Kier alpha value is -1.78.